The first-order valence-corrected chi connectivity index (χ1v) is 10.4. The molecule has 1 amide bonds. The number of thioether (sulfide) groups is 2. The molecule has 1 aliphatic carbocycles. The third-order valence-corrected chi connectivity index (χ3v) is 6.89. The average molecular weight is 369 g/mol. The molecule has 3 rings (SSSR count). The van der Waals surface area contributed by atoms with Gasteiger partial charge in [0, 0.05) is 4.88 Å². The molecular weight excluding hydrogens is 356 g/mol. The molecule has 0 unspecified atom stereocenters. The molecule has 2 heterocycles. The van der Waals surface area contributed by atoms with Crippen LogP contribution >= 0.6 is 46.4 Å². The minimum Gasteiger partial charge on any atom is -0.316 e. The van der Waals surface area contributed by atoms with Crippen LogP contribution in [-0.2, 0) is 17.6 Å². The summed E-state index contributed by atoms with van der Waals surface area (Å²) in [6, 6.07) is 2.23. The molecule has 114 valence electrons. The Bertz CT molecular complexity index is 746. The molecule has 0 aromatic carbocycles. The molecule has 0 radical (unpaired) electrons. The van der Waals surface area contributed by atoms with E-state index in [2.05, 4.69) is 20.7 Å². The number of amides is 1. The molecule has 1 N–H and O–H groups in total. The van der Waals surface area contributed by atoms with E-state index in [0.29, 0.717) is 10.6 Å². The van der Waals surface area contributed by atoms with Crippen LogP contribution in [-0.4, -0.2) is 27.3 Å². The summed E-state index contributed by atoms with van der Waals surface area (Å²) in [6.45, 7) is 0. The number of anilines is 1. The van der Waals surface area contributed by atoms with E-state index in [0.717, 1.165) is 34.3 Å². The molecule has 2 aromatic heterocycles. The Morgan fingerprint density at radius 1 is 1.50 bits per heavy atom. The fourth-order valence-corrected chi connectivity index (χ4v) is 5.50. The lowest BCUT2D eigenvalue weighted by Gasteiger charge is -2.02. The molecule has 0 atom stereocenters. The zero-order valence-electron chi connectivity index (χ0n) is 11.7. The predicted octanol–water partition coefficient (Wildman–Crippen LogP) is 3.41. The van der Waals surface area contributed by atoms with Crippen LogP contribution < -0.4 is 5.32 Å². The molecule has 0 fully saturated rings. The van der Waals surface area contributed by atoms with Crippen LogP contribution in [0.4, 0.5) is 5.00 Å². The van der Waals surface area contributed by atoms with E-state index in [4.69, 9.17) is 0 Å². The van der Waals surface area contributed by atoms with Crippen molar-refractivity contribution >= 4 is 57.3 Å². The van der Waals surface area contributed by atoms with Crippen LogP contribution in [0.1, 0.15) is 22.4 Å². The highest BCUT2D eigenvalue weighted by Crippen LogP contribution is 2.38. The van der Waals surface area contributed by atoms with Crippen LogP contribution in [0.2, 0.25) is 0 Å². The van der Waals surface area contributed by atoms with E-state index in [1.54, 1.807) is 0 Å². The zero-order valence-corrected chi connectivity index (χ0v) is 15.0. The van der Waals surface area contributed by atoms with Crippen molar-refractivity contribution in [3.05, 3.63) is 16.0 Å². The van der Waals surface area contributed by atoms with Gasteiger partial charge in [-0.15, -0.1) is 11.3 Å². The normalized spacial score (nSPS) is 12.9. The summed E-state index contributed by atoms with van der Waals surface area (Å²) in [7, 11) is 0. The van der Waals surface area contributed by atoms with E-state index in [-0.39, 0.29) is 11.7 Å². The fourth-order valence-electron chi connectivity index (χ4n) is 2.24. The Labute approximate surface area is 144 Å². The maximum absolute atomic E-state index is 12.1. The number of nitrogens with zero attached hydrogens (tertiary/aromatic N) is 3. The topological polar surface area (TPSA) is 78.7 Å². The third kappa shape index (κ3) is 3.30. The van der Waals surface area contributed by atoms with E-state index in [9.17, 15) is 10.1 Å². The Morgan fingerprint density at radius 3 is 3.09 bits per heavy atom. The fraction of sp³-hybridized carbons (Fsp3) is 0.385. The molecule has 0 bridgehead atoms. The molecule has 22 heavy (non-hydrogen) atoms. The van der Waals surface area contributed by atoms with Crippen LogP contribution in [0.25, 0.3) is 0 Å². The van der Waals surface area contributed by atoms with Gasteiger partial charge in [-0.25, -0.2) is 4.98 Å². The van der Waals surface area contributed by atoms with E-state index in [1.807, 2.05) is 6.26 Å². The lowest BCUT2D eigenvalue weighted by molar-refractivity contribution is -0.113. The smallest absolute Gasteiger partial charge is 0.235 e. The molecule has 0 saturated heterocycles. The quantitative estimate of drug-likeness (QED) is 0.815. The highest BCUT2D eigenvalue weighted by molar-refractivity contribution is 8.01. The highest BCUT2D eigenvalue weighted by Gasteiger charge is 2.23. The SMILES string of the molecule is CSc1nsc(SCC(=O)Nc2sc3c(c2C#N)CCC3)n1. The Balaban J connectivity index is 1.61. The summed E-state index contributed by atoms with van der Waals surface area (Å²) in [5, 5.41) is 13.6. The van der Waals surface area contributed by atoms with Gasteiger partial charge < -0.3 is 5.32 Å². The van der Waals surface area contributed by atoms with Gasteiger partial charge in [0.25, 0.3) is 0 Å². The number of carbonyl (C=O) groups is 1. The largest absolute Gasteiger partial charge is 0.316 e. The molecule has 5 nitrogen and oxygen atoms in total. The average Bonchev–Trinajstić information content (AvgIpc) is 3.20. The van der Waals surface area contributed by atoms with E-state index in [1.165, 1.54) is 51.3 Å². The zero-order chi connectivity index (χ0) is 15.5. The van der Waals surface area contributed by atoms with Crippen LogP contribution in [0.15, 0.2) is 9.50 Å². The summed E-state index contributed by atoms with van der Waals surface area (Å²) >= 11 is 5.69. The first kappa shape index (κ1) is 15.8. The van der Waals surface area contributed by atoms with Crippen molar-refractivity contribution < 1.29 is 4.79 Å². The van der Waals surface area contributed by atoms with Gasteiger partial charge in [0.2, 0.25) is 11.1 Å². The second-order valence-corrected chi connectivity index (χ2v) is 8.41. The highest BCUT2D eigenvalue weighted by atomic mass is 32.2. The third-order valence-electron chi connectivity index (χ3n) is 3.18. The maximum atomic E-state index is 12.1. The van der Waals surface area contributed by atoms with Gasteiger partial charge in [-0.1, -0.05) is 23.5 Å². The number of hydrogen-bond donors (Lipinski definition) is 1. The van der Waals surface area contributed by atoms with Crippen LogP contribution in [0, 0.1) is 11.3 Å². The number of fused-ring (bicyclic) bond motifs is 1. The molecule has 0 spiro atoms. The number of nitrogens with one attached hydrogen (secondary N) is 1. The summed E-state index contributed by atoms with van der Waals surface area (Å²) < 4.78 is 4.94. The number of aryl methyl sites for hydroxylation is 1. The van der Waals surface area contributed by atoms with Crippen molar-refractivity contribution in [3.8, 4) is 6.07 Å². The molecule has 9 heteroatoms. The van der Waals surface area contributed by atoms with Gasteiger partial charge in [0.05, 0.1) is 11.3 Å². The summed E-state index contributed by atoms with van der Waals surface area (Å²) in [4.78, 5) is 17.6. The predicted molar refractivity (Wildman–Crippen MR) is 92.1 cm³/mol. The number of rotatable bonds is 5. The Kier molecular flexibility index (Phi) is 5.03. The standard InChI is InChI=1S/C13H12N4OS4/c1-19-12-16-13(22-17-12)20-6-10(18)15-11-8(5-14)7-3-2-4-9(7)21-11/h2-4,6H2,1H3,(H,15,18). The Morgan fingerprint density at radius 2 is 2.36 bits per heavy atom. The van der Waals surface area contributed by atoms with Gasteiger partial charge in [0.1, 0.15) is 11.1 Å². The van der Waals surface area contributed by atoms with Crippen LogP contribution in [0.3, 0.4) is 0 Å². The summed E-state index contributed by atoms with van der Waals surface area (Å²) in [6.07, 6.45) is 4.99. The second-order valence-electron chi connectivity index (χ2n) is 4.56. The van der Waals surface area contributed by atoms with Gasteiger partial charge >= 0.3 is 0 Å². The van der Waals surface area contributed by atoms with Crippen molar-refractivity contribution in [1.82, 2.24) is 9.36 Å². The number of thiophene rings is 1. The van der Waals surface area contributed by atoms with Crippen LogP contribution in [0.5, 0.6) is 0 Å². The summed E-state index contributed by atoms with van der Waals surface area (Å²) in [5.41, 5.74) is 1.78. The van der Waals surface area contributed by atoms with E-state index >= 15 is 0 Å². The van der Waals surface area contributed by atoms with Crippen molar-refractivity contribution in [2.45, 2.75) is 28.8 Å². The van der Waals surface area contributed by atoms with Gasteiger partial charge in [-0.2, -0.15) is 9.64 Å². The maximum Gasteiger partial charge on any atom is 0.235 e. The van der Waals surface area contributed by atoms with Gasteiger partial charge in [0.15, 0.2) is 4.34 Å². The van der Waals surface area contributed by atoms with Crippen molar-refractivity contribution in [1.29, 1.82) is 5.26 Å². The lowest BCUT2D eigenvalue weighted by Crippen LogP contribution is -2.13. The van der Waals surface area contributed by atoms with Crippen molar-refractivity contribution in [2.24, 2.45) is 0 Å². The van der Waals surface area contributed by atoms with Gasteiger partial charge in [-0.05, 0) is 42.6 Å². The second kappa shape index (κ2) is 7.00. The van der Waals surface area contributed by atoms with Crippen molar-refractivity contribution in [3.63, 3.8) is 0 Å². The van der Waals surface area contributed by atoms with Crippen molar-refractivity contribution in [2.75, 3.05) is 17.3 Å². The molecule has 0 saturated carbocycles. The lowest BCUT2D eigenvalue weighted by atomic mass is 10.1. The van der Waals surface area contributed by atoms with Gasteiger partial charge in [-0.3, -0.25) is 4.79 Å². The summed E-state index contributed by atoms with van der Waals surface area (Å²) in [5.74, 6) is 0.165. The monoisotopic (exact) mass is 368 g/mol. The molecule has 2 aromatic rings. The molecular formula is C13H12N4OS4. The molecule has 0 aliphatic heterocycles. The minimum atomic E-state index is -0.109. The number of aromatic nitrogens is 2. The Hall–Kier alpha value is -1.08. The molecule has 1 aliphatic rings. The minimum absolute atomic E-state index is 0.109. The number of nitriles is 1. The first-order valence-electron chi connectivity index (χ1n) is 6.56. The van der Waals surface area contributed by atoms with E-state index < -0.39 is 0 Å². The number of hydrogen-bond acceptors (Lipinski definition) is 8. The number of carbonyl (C=O) groups excluding carboxylic acids is 1. The first-order chi connectivity index (χ1) is 10.7.